The Hall–Kier alpha value is -2.82. The highest BCUT2D eigenvalue weighted by atomic mass is 16.5. The summed E-state index contributed by atoms with van der Waals surface area (Å²) in [7, 11) is 1.59. The number of amides is 2. The van der Waals surface area contributed by atoms with Crippen LogP contribution >= 0.6 is 0 Å². The highest BCUT2D eigenvalue weighted by Crippen LogP contribution is 2.34. The first kappa shape index (κ1) is 17.6. The smallest absolute Gasteiger partial charge is 0.227 e. The van der Waals surface area contributed by atoms with Crippen LogP contribution in [0.1, 0.15) is 36.4 Å². The molecule has 2 amide bonds. The van der Waals surface area contributed by atoms with E-state index in [9.17, 15) is 9.59 Å². The molecule has 0 saturated carbocycles. The Morgan fingerprint density at radius 2 is 1.93 bits per heavy atom. The van der Waals surface area contributed by atoms with Crippen LogP contribution in [0.25, 0.3) is 0 Å². The Morgan fingerprint density at radius 3 is 2.78 bits per heavy atom. The number of carbonyl (C=O) groups excluding carboxylic acids is 2. The maximum atomic E-state index is 12.9. The fourth-order valence-corrected chi connectivity index (χ4v) is 4.16. The summed E-state index contributed by atoms with van der Waals surface area (Å²) >= 11 is 0. The SMILES string of the molecule is COc1ccccc1N1C[C@@H](C(=O)N[C@H]2CCCc3ccccc32)CC1=O. The number of hydrogen-bond donors (Lipinski definition) is 1. The lowest BCUT2D eigenvalue weighted by atomic mass is 9.87. The quantitative estimate of drug-likeness (QED) is 0.906. The summed E-state index contributed by atoms with van der Waals surface area (Å²) in [4.78, 5) is 27.1. The van der Waals surface area contributed by atoms with Gasteiger partial charge < -0.3 is 15.0 Å². The van der Waals surface area contributed by atoms with Crippen molar-refractivity contribution in [3.05, 3.63) is 59.7 Å². The zero-order valence-corrected chi connectivity index (χ0v) is 15.5. The van der Waals surface area contributed by atoms with E-state index in [-0.39, 0.29) is 30.2 Å². The number of ether oxygens (including phenoxy) is 1. The minimum Gasteiger partial charge on any atom is -0.495 e. The molecular formula is C22H24N2O3. The third-order valence-corrected chi connectivity index (χ3v) is 5.56. The second-order valence-corrected chi connectivity index (χ2v) is 7.23. The van der Waals surface area contributed by atoms with Crippen molar-refractivity contribution in [1.29, 1.82) is 0 Å². The lowest BCUT2D eigenvalue weighted by Crippen LogP contribution is -2.36. The number of methoxy groups -OCH3 is 1. The zero-order valence-electron chi connectivity index (χ0n) is 15.5. The summed E-state index contributed by atoms with van der Waals surface area (Å²) in [5, 5.41) is 3.19. The average Bonchev–Trinajstić information content (AvgIpc) is 3.10. The first-order valence-corrected chi connectivity index (χ1v) is 9.49. The molecule has 2 aromatic rings. The first-order valence-electron chi connectivity index (χ1n) is 9.49. The lowest BCUT2D eigenvalue weighted by molar-refractivity contribution is -0.127. The molecule has 5 heteroatoms. The van der Waals surface area contributed by atoms with Crippen molar-refractivity contribution >= 4 is 17.5 Å². The molecule has 0 spiro atoms. The van der Waals surface area contributed by atoms with E-state index in [0.29, 0.717) is 12.3 Å². The molecule has 0 bridgehead atoms. The molecule has 27 heavy (non-hydrogen) atoms. The predicted octanol–water partition coefficient (Wildman–Crippen LogP) is 3.24. The minimum atomic E-state index is -0.337. The molecule has 2 atom stereocenters. The highest BCUT2D eigenvalue weighted by Gasteiger charge is 2.37. The zero-order chi connectivity index (χ0) is 18.8. The number of carbonyl (C=O) groups is 2. The molecule has 140 valence electrons. The second kappa shape index (κ2) is 7.43. The Morgan fingerprint density at radius 1 is 1.15 bits per heavy atom. The van der Waals surface area contributed by atoms with E-state index in [1.54, 1.807) is 12.0 Å². The van der Waals surface area contributed by atoms with Crippen LogP contribution in [-0.4, -0.2) is 25.5 Å². The number of fused-ring (bicyclic) bond motifs is 1. The minimum absolute atomic E-state index is 0.0382. The number of benzene rings is 2. The van der Waals surface area contributed by atoms with Gasteiger partial charge in [0.15, 0.2) is 0 Å². The van der Waals surface area contributed by atoms with Gasteiger partial charge in [0.05, 0.1) is 24.8 Å². The van der Waals surface area contributed by atoms with Gasteiger partial charge in [0.25, 0.3) is 0 Å². The van der Waals surface area contributed by atoms with Gasteiger partial charge in [0, 0.05) is 13.0 Å². The molecule has 1 aliphatic carbocycles. The molecule has 1 heterocycles. The Bertz CT molecular complexity index is 864. The van der Waals surface area contributed by atoms with Crippen molar-refractivity contribution in [2.45, 2.75) is 31.7 Å². The van der Waals surface area contributed by atoms with Crippen LogP contribution < -0.4 is 15.0 Å². The van der Waals surface area contributed by atoms with Gasteiger partial charge in [-0.1, -0.05) is 36.4 Å². The predicted molar refractivity (Wildman–Crippen MR) is 104 cm³/mol. The van der Waals surface area contributed by atoms with Crippen LogP contribution in [0, 0.1) is 5.92 Å². The number of rotatable bonds is 4. The van der Waals surface area contributed by atoms with Crippen LogP contribution in [0.2, 0.25) is 0 Å². The summed E-state index contributed by atoms with van der Waals surface area (Å²) in [5.41, 5.74) is 3.25. The number of nitrogens with zero attached hydrogens (tertiary/aromatic N) is 1. The van der Waals surface area contributed by atoms with Crippen molar-refractivity contribution < 1.29 is 14.3 Å². The van der Waals surface area contributed by atoms with Gasteiger partial charge in [-0.3, -0.25) is 9.59 Å². The van der Waals surface area contributed by atoms with Gasteiger partial charge in [0.1, 0.15) is 5.75 Å². The standard InChI is InChI=1S/C22H24N2O3/c1-27-20-12-5-4-11-19(20)24-14-16(13-21(24)25)22(26)23-18-10-6-8-15-7-2-3-9-17(15)18/h2-5,7,9,11-12,16,18H,6,8,10,13-14H2,1H3,(H,23,26)/t16-,18-/m0/s1. The molecule has 0 aromatic heterocycles. The van der Waals surface area contributed by atoms with Crippen molar-refractivity contribution in [1.82, 2.24) is 5.32 Å². The van der Waals surface area contributed by atoms with E-state index in [0.717, 1.165) is 24.9 Å². The van der Waals surface area contributed by atoms with Crippen molar-refractivity contribution in [2.75, 3.05) is 18.6 Å². The van der Waals surface area contributed by atoms with Gasteiger partial charge in [0.2, 0.25) is 11.8 Å². The maximum Gasteiger partial charge on any atom is 0.227 e. The molecule has 2 aromatic carbocycles. The van der Waals surface area contributed by atoms with Crippen molar-refractivity contribution in [2.24, 2.45) is 5.92 Å². The number of nitrogens with one attached hydrogen (secondary N) is 1. The Kier molecular flexibility index (Phi) is 4.84. The number of hydrogen-bond acceptors (Lipinski definition) is 3. The number of para-hydroxylation sites is 2. The molecule has 5 nitrogen and oxygen atoms in total. The number of aryl methyl sites for hydroxylation is 1. The molecule has 2 aliphatic rings. The summed E-state index contributed by atoms with van der Waals surface area (Å²) in [6, 6.07) is 15.8. The molecule has 1 aliphatic heterocycles. The maximum absolute atomic E-state index is 12.9. The van der Waals surface area contributed by atoms with E-state index in [2.05, 4.69) is 17.4 Å². The van der Waals surface area contributed by atoms with E-state index >= 15 is 0 Å². The van der Waals surface area contributed by atoms with Gasteiger partial charge in [-0.25, -0.2) is 0 Å². The normalized spacial score (nSPS) is 21.7. The first-order chi connectivity index (χ1) is 13.2. The van der Waals surface area contributed by atoms with Crippen molar-refractivity contribution in [3.63, 3.8) is 0 Å². The average molecular weight is 364 g/mol. The molecule has 1 saturated heterocycles. The molecule has 0 unspecified atom stereocenters. The molecule has 0 radical (unpaired) electrons. The highest BCUT2D eigenvalue weighted by molar-refractivity contribution is 6.01. The van der Waals surface area contributed by atoms with E-state index < -0.39 is 0 Å². The van der Waals surface area contributed by atoms with E-state index in [1.807, 2.05) is 36.4 Å². The summed E-state index contributed by atoms with van der Waals surface area (Å²) in [5.74, 6) is 0.232. The topological polar surface area (TPSA) is 58.6 Å². The van der Waals surface area contributed by atoms with Crippen LogP contribution in [0.4, 0.5) is 5.69 Å². The Balaban J connectivity index is 1.47. The third-order valence-electron chi connectivity index (χ3n) is 5.56. The largest absolute Gasteiger partial charge is 0.495 e. The van der Waals surface area contributed by atoms with E-state index in [4.69, 9.17) is 4.74 Å². The van der Waals surface area contributed by atoms with Crippen molar-refractivity contribution in [3.8, 4) is 5.75 Å². The van der Waals surface area contributed by atoms with Gasteiger partial charge in [-0.05, 0) is 42.5 Å². The van der Waals surface area contributed by atoms with Crippen LogP contribution in [0.3, 0.4) is 0 Å². The molecular weight excluding hydrogens is 340 g/mol. The van der Waals surface area contributed by atoms with Gasteiger partial charge in [-0.2, -0.15) is 0 Å². The molecule has 1 fully saturated rings. The lowest BCUT2D eigenvalue weighted by Gasteiger charge is -2.27. The van der Waals surface area contributed by atoms with Gasteiger partial charge >= 0.3 is 0 Å². The van der Waals surface area contributed by atoms with Gasteiger partial charge in [-0.15, -0.1) is 0 Å². The summed E-state index contributed by atoms with van der Waals surface area (Å²) in [6.45, 7) is 0.388. The van der Waals surface area contributed by atoms with E-state index in [1.165, 1.54) is 11.1 Å². The fraction of sp³-hybridized carbons (Fsp3) is 0.364. The van der Waals surface area contributed by atoms with Crippen LogP contribution in [0.5, 0.6) is 5.75 Å². The van der Waals surface area contributed by atoms with Crippen LogP contribution in [-0.2, 0) is 16.0 Å². The Labute approximate surface area is 159 Å². The fourth-order valence-electron chi connectivity index (χ4n) is 4.16. The number of anilines is 1. The monoisotopic (exact) mass is 364 g/mol. The second-order valence-electron chi connectivity index (χ2n) is 7.23. The summed E-state index contributed by atoms with van der Waals surface area (Å²) in [6.07, 6.45) is 3.31. The summed E-state index contributed by atoms with van der Waals surface area (Å²) < 4.78 is 5.37. The molecule has 4 rings (SSSR count). The van der Waals surface area contributed by atoms with Crippen LogP contribution in [0.15, 0.2) is 48.5 Å². The third kappa shape index (κ3) is 3.42. The molecule has 1 N–H and O–H groups in total.